The number of benzene rings is 1. The second-order valence-corrected chi connectivity index (χ2v) is 7.66. The quantitative estimate of drug-likeness (QED) is 0.736. The maximum absolute atomic E-state index is 13.1. The number of piperidine rings is 1. The Bertz CT molecular complexity index is 691. The van der Waals surface area contributed by atoms with Crippen LogP contribution in [0, 0.1) is 5.82 Å². The van der Waals surface area contributed by atoms with E-state index in [1.54, 1.807) is 12.1 Å². The molecular formula is C22H35FN2O2. The van der Waals surface area contributed by atoms with Crippen molar-refractivity contribution < 1.29 is 13.9 Å². The summed E-state index contributed by atoms with van der Waals surface area (Å²) in [5.74, 6) is -0.175. The summed E-state index contributed by atoms with van der Waals surface area (Å²) in [6.45, 7) is 11.1. The van der Waals surface area contributed by atoms with Crippen molar-refractivity contribution in [1.82, 2.24) is 9.88 Å². The smallest absolute Gasteiger partial charge is 0.293 e. The number of aromatic amines is 1. The third-order valence-electron chi connectivity index (χ3n) is 4.51. The highest BCUT2D eigenvalue weighted by molar-refractivity contribution is 5.83. The van der Waals surface area contributed by atoms with Crippen LogP contribution >= 0.6 is 0 Å². The lowest BCUT2D eigenvalue weighted by molar-refractivity contribution is -0.138. The average Bonchev–Trinajstić information content (AvgIpc) is 3.00. The van der Waals surface area contributed by atoms with Crippen LogP contribution in [-0.4, -0.2) is 41.6 Å². The van der Waals surface area contributed by atoms with Gasteiger partial charge in [0.25, 0.3) is 6.47 Å². The molecule has 5 heteroatoms. The second-order valence-electron chi connectivity index (χ2n) is 7.66. The standard InChI is InChI=1S/C15H19FN2.C5H10O2.C2H6/c1-18-7-3-2-4-13(18)8-11-10-17-15-9-12(16)5-6-14(11)15;1-5(2,3)7-4-6;1-2/h5-6,9-10,13,17H,2-4,7-8H2,1H3;4H,1-3H3;1-2H3. The Hall–Kier alpha value is -1.88. The minimum Gasteiger partial charge on any atom is -0.462 e. The van der Waals surface area contributed by atoms with E-state index in [2.05, 4.69) is 21.7 Å². The number of nitrogens with zero attached hydrogens (tertiary/aromatic N) is 1. The Balaban J connectivity index is 0.000000346. The first-order valence-electron chi connectivity index (χ1n) is 9.87. The fourth-order valence-corrected chi connectivity index (χ4v) is 3.13. The van der Waals surface area contributed by atoms with Gasteiger partial charge in [0, 0.05) is 23.1 Å². The lowest BCUT2D eigenvalue weighted by atomic mass is 9.96. The molecule has 1 aromatic carbocycles. The van der Waals surface area contributed by atoms with E-state index in [-0.39, 0.29) is 11.4 Å². The van der Waals surface area contributed by atoms with Crippen molar-refractivity contribution >= 4 is 17.4 Å². The zero-order valence-corrected chi connectivity index (χ0v) is 17.6. The van der Waals surface area contributed by atoms with Crippen molar-refractivity contribution in [3.8, 4) is 0 Å². The third kappa shape index (κ3) is 7.71. The predicted octanol–water partition coefficient (Wildman–Crippen LogP) is 5.32. The highest BCUT2D eigenvalue weighted by atomic mass is 19.1. The molecular weight excluding hydrogens is 343 g/mol. The summed E-state index contributed by atoms with van der Waals surface area (Å²) >= 11 is 0. The molecule has 0 aliphatic carbocycles. The number of hydrogen-bond donors (Lipinski definition) is 1. The van der Waals surface area contributed by atoms with E-state index in [1.165, 1.54) is 31.4 Å². The number of H-pyrrole nitrogens is 1. The number of halogens is 1. The lowest BCUT2D eigenvalue weighted by Crippen LogP contribution is -2.37. The Morgan fingerprint density at radius 2 is 2.00 bits per heavy atom. The molecule has 3 rings (SSSR count). The van der Waals surface area contributed by atoms with Crippen LogP contribution in [0.15, 0.2) is 24.4 Å². The molecule has 1 N–H and O–H groups in total. The van der Waals surface area contributed by atoms with Gasteiger partial charge in [-0.15, -0.1) is 0 Å². The monoisotopic (exact) mass is 378 g/mol. The molecule has 27 heavy (non-hydrogen) atoms. The lowest BCUT2D eigenvalue weighted by Gasteiger charge is -2.32. The number of nitrogens with one attached hydrogen (secondary N) is 1. The van der Waals surface area contributed by atoms with Gasteiger partial charge in [0.05, 0.1) is 0 Å². The van der Waals surface area contributed by atoms with Gasteiger partial charge in [-0.3, -0.25) is 4.79 Å². The number of ether oxygens (including phenoxy) is 1. The molecule has 1 fully saturated rings. The van der Waals surface area contributed by atoms with Gasteiger partial charge < -0.3 is 14.6 Å². The number of carbonyl (C=O) groups excluding carboxylic acids is 1. The van der Waals surface area contributed by atoms with Gasteiger partial charge in [-0.05, 0) is 77.4 Å². The molecule has 0 spiro atoms. The number of carbonyl (C=O) groups is 1. The van der Waals surface area contributed by atoms with Gasteiger partial charge >= 0.3 is 0 Å². The van der Waals surface area contributed by atoms with Crippen LogP contribution in [0.2, 0.25) is 0 Å². The Kier molecular flexibility index (Phi) is 9.50. The number of aromatic nitrogens is 1. The fourth-order valence-electron chi connectivity index (χ4n) is 3.13. The Morgan fingerprint density at radius 3 is 2.56 bits per heavy atom. The molecule has 2 heterocycles. The summed E-state index contributed by atoms with van der Waals surface area (Å²) in [4.78, 5) is 15.2. The molecule has 1 aliphatic heterocycles. The van der Waals surface area contributed by atoms with E-state index in [0.29, 0.717) is 12.5 Å². The van der Waals surface area contributed by atoms with Crippen LogP contribution in [0.5, 0.6) is 0 Å². The van der Waals surface area contributed by atoms with Crippen LogP contribution in [0.25, 0.3) is 10.9 Å². The second kappa shape index (κ2) is 11.1. The van der Waals surface area contributed by atoms with Gasteiger partial charge in [-0.1, -0.05) is 20.3 Å². The third-order valence-corrected chi connectivity index (χ3v) is 4.51. The van der Waals surface area contributed by atoms with E-state index in [0.717, 1.165) is 17.3 Å². The molecule has 0 radical (unpaired) electrons. The molecule has 1 atom stereocenters. The number of rotatable bonds is 3. The van der Waals surface area contributed by atoms with Crippen molar-refractivity contribution in [3.05, 3.63) is 35.8 Å². The maximum atomic E-state index is 13.1. The topological polar surface area (TPSA) is 45.3 Å². The Morgan fingerprint density at radius 1 is 1.30 bits per heavy atom. The molecule has 1 aliphatic rings. The van der Waals surface area contributed by atoms with Gasteiger partial charge in [-0.2, -0.15) is 0 Å². The maximum Gasteiger partial charge on any atom is 0.293 e. The van der Waals surface area contributed by atoms with Crippen molar-refractivity contribution in [1.29, 1.82) is 0 Å². The number of likely N-dealkylation sites (tertiary alicyclic amines) is 1. The van der Waals surface area contributed by atoms with Crippen LogP contribution in [0.1, 0.15) is 59.4 Å². The van der Waals surface area contributed by atoms with E-state index in [1.807, 2.05) is 46.9 Å². The van der Waals surface area contributed by atoms with Gasteiger partial charge in [0.15, 0.2) is 0 Å². The SMILES string of the molecule is CC.CC(C)(C)OC=O.CN1CCCCC1Cc1c[nH]c2cc(F)ccc12. The molecule has 2 aromatic rings. The van der Waals surface area contributed by atoms with E-state index >= 15 is 0 Å². The van der Waals surface area contributed by atoms with E-state index in [9.17, 15) is 9.18 Å². The first-order chi connectivity index (χ1) is 12.8. The van der Waals surface area contributed by atoms with Gasteiger partial charge in [0.1, 0.15) is 11.4 Å². The molecule has 1 aromatic heterocycles. The number of fused-ring (bicyclic) bond motifs is 1. The van der Waals surface area contributed by atoms with E-state index < -0.39 is 0 Å². The summed E-state index contributed by atoms with van der Waals surface area (Å²) in [7, 11) is 2.21. The fraction of sp³-hybridized carbons (Fsp3) is 0.591. The summed E-state index contributed by atoms with van der Waals surface area (Å²) in [6, 6.07) is 5.63. The van der Waals surface area contributed by atoms with Crippen LogP contribution < -0.4 is 0 Å². The number of hydrogen-bond acceptors (Lipinski definition) is 3. The van der Waals surface area contributed by atoms with Crippen molar-refractivity contribution in [2.75, 3.05) is 13.6 Å². The number of likely N-dealkylation sites (N-methyl/N-ethyl adjacent to an activating group) is 1. The van der Waals surface area contributed by atoms with Crippen molar-refractivity contribution in [2.45, 2.75) is 71.9 Å². The molecule has 0 saturated carbocycles. The molecule has 1 saturated heterocycles. The summed E-state index contributed by atoms with van der Waals surface area (Å²) < 4.78 is 17.7. The first kappa shape index (κ1) is 23.2. The molecule has 0 bridgehead atoms. The van der Waals surface area contributed by atoms with Crippen molar-refractivity contribution in [3.63, 3.8) is 0 Å². The minimum absolute atomic E-state index is 0.175. The Labute approximate surface area is 163 Å². The zero-order valence-electron chi connectivity index (χ0n) is 17.6. The summed E-state index contributed by atoms with van der Waals surface area (Å²) in [5.41, 5.74) is 1.90. The highest BCUT2D eigenvalue weighted by Crippen LogP contribution is 2.24. The summed E-state index contributed by atoms with van der Waals surface area (Å²) in [5, 5.41) is 1.16. The zero-order chi connectivity index (χ0) is 20.4. The highest BCUT2D eigenvalue weighted by Gasteiger charge is 2.20. The van der Waals surface area contributed by atoms with E-state index in [4.69, 9.17) is 0 Å². The molecule has 4 nitrogen and oxygen atoms in total. The first-order valence-corrected chi connectivity index (χ1v) is 9.87. The van der Waals surface area contributed by atoms with Crippen LogP contribution in [-0.2, 0) is 16.0 Å². The van der Waals surface area contributed by atoms with Crippen LogP contribution in [0.4, 0.5) is 4.39 Å². The largest absolute Gasteiger partial charge is 0.462 e. The van der Waals surface area contributed by atoms with Crippen LogP contribution in [0.3, 0.4) is 0 Å². The van der Waals surface area contributed by atoms with Gasteiger partial charge in [0.2, 0.25) is 0 Å². The average molecular weight is 379 g/mol. The molecule has 1 unspecified atom stereocenters. The van der Waals surface area contributed by atoms with Crippen molar-refractivity contribution in [2.24, 2.45) is 0 Å². The summed E-state index contributed by atoms with van der Waals surface area (Å²) in [6.07, 6.45) is 7.00. The van der Waals surface area contributed by atoms with Gasteiger partial charge in [-0.25, -0.2) is 4.39 Å². The minimum atomic E-state index is -0.318. The molecule has 152 valence electrons. The normalized spacial score (nSPS) is 17.4. The molecule has 0 amide bonds. The predicted molar refractivity (Wildman–Crippen MR) is 110 cm³/mol.